The zero-order valence-electron chi connectivity index (χ0n) is 17.5. The van der Waals surface area contributed by atoms with E-state index in [1.807, 2.05) is 25.1 Å². The van der Waals surface area contributed by atoms with E-state index in [1.165, 1.54) is 11.6 Å². The number of esters is 1. The number of aliphatic hydroxyl groups is 1. The summed E-state index contributed by atoms with van der Waals surface area (Å²) in [5.41, 5.74) is 2.00. The molecule has 29 heavy (non-hydrogen) atoms. The van der Waals surface area contributed by atoms with Gasteiger partial charge in [-0.3, -0.25) is 0 Å². The van der Waals surface area contributed by atoms with E-state index in [1.54, 1.807) is 12.2 Å². The first-order valence-corrected chi connectivity index (χ1v) is 10.3. The molecule has 0 amide bonds. The molecule has 0 bridgehead atoms. The molecule has 0 aromatic heterocycles. The summed E-state index contributed by atoms with van der Waals surface area (Å²) in [6.45, 7) is 4.04. The van der Waals surface area contributed by atoms with E-state index in [4.69, 9.17) is 9.47 Å². The number of hydrogen-bond acceptors (Lipinski definition) is 5. The van der Waals surface area contributed by atoms with Gasteiger partial charge in [0.25, 0.3) is 0 Å². The number of rotatable bonds is 5. The van der Waals surface area contributed by atoms with Crippen LogP contribution in [0.4, 0.5) is 0 Å². The van der Waals surface area contributed by atoms with Crippen LogP contribution in [0.25, 0.3) is 0 Å². The summed E-state index contributed by atoms with van der Waals surface area (Å²) in [5.74, 6) is 0.827. The van der Waals surface area contributed by atoms with Crippen molar-refractivity contribution < 1.29 is 19.4 Å². The van der Waals surface area contributed by atoms with E-state index in [0.717, 1.165) is 18.4 Å². The molecule has 1 aromatic rings. The summed E-state index contributed by atoms with van der Waals surface area (Å²) in [4.78, 5) is 14.5. The fourth-order valence-corrected chi connectivity index (χ4v) is 5.42. The van der Waals surface area contributed by atoms with E-state index in [2.05, 4.69) is 38.1 Å². The van der Waals surface area contributed by atoms with Crippen molar-refractivity contribution in [2.75, 3.05) is 14.1 Å². The van der Waals surface area contributed by atoms with Crippen LogP contribution in [0.1, 0.15) is 31.4 Å². The van der Waals surface area contributed by atoms with Gasteiger partial charge in [0, 0.05) is 29.0 Å². The molecule has 0 unspecified atom stereocenters. The molecule has 0 radical (unpaired) electrons. The molecule has 1 aliphatic heterocycles. The maximum absolute atomic E-state index is 12.3. The van der Waals surface area contributed by atoms with Crippen LogP contribution < -0.4 is 9.47 Å². The van der Waals surface area contributed by atoms with Crippen molar-refractivity contribution in [3.63, 3.8) is 0 Å². The van der Waals surface area contributed by atoms with E-state index >= 15 is 0 Å². The molecule has 0 saturated carbocycles. The van der Waals surface area contributed by atoms with Crippen molar-refractivity contribution in [3.8, 4) is 11.5 Å². The molecule has 0 saturated heterocycles. The Labute approximate surface area is 172 Å². The smallest absolute Gasteiger partial charge is 0.336 e. The highest BCUT2D eigenvalue weighted by Crippen LogP contribution is 2.60. The fraction of sp³-hybridized carbons (Fsp3) is 0.458. The third kappa shape index (κ3) is 2.95. The minimum absolute atomic E-state index is 0.227. The molecule has 1 heterocycles. The van der Waals surface area contributed by atoms with Crippen LogP contribution in [0.2, 0.25) is 0 Å². The van der Waals surface area contributed by atoms with Crippen molar-refractivity contribution in [1.82, 2.24) is 4.90 Å². The van der Waals surface area contributed by atoms with E-state index in [-0.39, 0.29) is 17.4 Å². The van der Waals surface area contributed by atoms with Gasteiger partial charge in [-0.05, 0) is 45.5 Å². The molecule has 5 heteroatoms. The van der Waals surface area contributed by atoms with E-state index in [0.29, 0.717) is 17.5 Å². The lowest BCUT2D eigenvalue weighted by atomic mass is 9.55. The second-order valence-corrected chi connectivity index (χ2v) is 8.30. The first kappa shape index (κ1) is 19.9. The van der Waals surface area contributed by atoms with Crippen LogP contribution in [-0.4, -0.2) is 48.3 Å². The maximum atomic E-state index is 12.3. The number of ether oxygens (including phenoxy) is 2. The third-order valence-electron chi connectivity index (χ3n) is 6.68. The second-order valence-electron chi connectivity index (χ2n) is 8.30. The summed E-state index contributed by atoms with van der Waals surface area (Å²) in [7, 11) is 4.22. The van der Waals surface area contributed by atoms with Crippen LogP contribution in [0.5, 0.6) is 11.5 Å². The maximum Gasteiger partial charge on any atom is 0.336 e. The van der Waals surface area contributed by atoms with Gasteiger partial charge in [-0.1, -0.05) is 43.4 Å². The number of hydrogen-bond donors (Lipinski definition) is 1. The van der Waals surface area contributed by atoms with Gasteiger partial charge in [0.1, 0.15) is 12.2 Å². The fourth-order valence-electron chi connectivity index (χ4n) is 5.42. The Kier molecular flexibility index (Phi) is 5.13. The summed E-state index contributed by atoms with van der Waals surface area (Å²) in [5, 5.41) is 10.8. The molecule has 4 rings (SSSR count). The molecule has 1 aromatic carbocycles. The number of aliphatic hydroxyl groups excluding tert-OH is 1. The van der Waals surface area contributed by atoms with Crippen molar-refractivity contribution in [2.24, 2.45) is 5.92 Å². The minimum atomic E-state index is -0.689. The van der Waals surface area contributed by atoms with Gasteiger partial charge < -0.3 is 19.5 Å². The Morgan fingerprint density at radius 3 is 2.83 bits per heavy atom. The molecule has 0 fully saturated rings. The SMILES string of the molecule is C/C=C/C=C/C(=O)Oc1ccc2c3c1O[C@H]1[C@@H](O)C=C[C@@H]([C@H](N(C)C)C2)[C@@]31CC. The van der Waals surface area contributed by atoms with Crippen LogP contribution in [0.3, 0.4) is 0 Å². The molecule has 2 aliphatic carbocycles. The Hall–Kier alpha value is -2.37. The Balaban J connectivity index is 1.81. The van der Waals surface area contributed by atoms with Crippen LogP contribution >= 0.6 is 0 Å². The van der Waals surface area contributed by atoms with Gasteiger partial charge in [-0.15, -0.1) is 0 Å². The Morgan fingerprint density at radius 2 is 2.14 bits per heavy atom. The number of likely N-dealkylation sites (N-methyl/N-ethyl adjacent to an activating group) is 1. The van der Waals surface area contributed by atoms with E-state index in [9.17, 15) is 9.90 Å². The van der Waals surface area contributed by atoms with Gasteiger partial charge in [-0.25, -0.2) is 4.79 Å². The Morgan fingerprint density at radius 1 is 1.34 bits per heavy atom. The zero-order valence-corrected chi connectivity index (χ0v) is 17.5. The standard InChI is InChI=1S/C24H29NO4/c1-5-7-8-9-20(27)28-19-13-10-15-14-17(25(3)4)16-11-12-18(26)23-24(16,6-2)21(15)22(19)29-23/h5,7-13,16-18,23,26H,6,14H2,1-4H3/b7-5+,9-8+/t16-,17+,18-,23-,24-/m0/s1. The van der Waals surface area contributed by atoms with Crippen molar-refractivity contribution in [1.29, 1.82) is 0 Å². The monoisotopic (exact) mass is 395 g/mol. The lowest BCUT2D eigenvalue weighted by Crippen LogP contribution is -2.59. The molecule has 3 aliphatic rings. The number of allylic oxidation sites excluding steroid dienone is 3. The minimum Gasteiger partial charge on any atom is -0.482 e. The van der Waals surface area contributed by atoms with Gasteiger partial charge >= 0.3 is 5.97 Å². The molecule has 1 N–H and O–H groups in total. The molecule has 0 spiro atoms. The average molecular weight is 395 g/mol. The number of carbonyl (C=O) groups excluding carboxylic acids is 1. The quantitative estimate of drug-likeness (QED) is 0.273. The van der Waals surface area contributed by atoms with Gasteiger partial charge in [0.15, 0.2) is 11.5 Å². The van der Waals surface area contributed by atoms with E-state index < -0.39 is 12.1 Å². The highest BCUT2D eigenvalue weighted by molar-refractivity contribution is 5.85. The molecule has 154 valence electrons. The first-order valence-electron chi connectivity index (χ1n) is 10.3. The summed E-state index contributed by atoms with van der Waals surface area (Å²) < 4.78 is 12.0. The highest BCUT2D eigenvalue weighted by atomic mass is 16.6. The van der Waals surface area contributed by atoms with Crippen molar-refractivity contribution in [3.05, 3.63) is 59.7 Å². The lowest BCUT2D eigenvalue weighted by Gasteiger charge is -2.51. The molecular formula is C24H29NO4. The number of nitrogens with zero attached hydrogens (tertiary/aromatic N) is 1. The van der Waals surface area contributed by atoms with Crippen LogP contribution in [0.15, 0.2) is 48.6 Å². The summed E-state index contributed by atoms with van der Waals surface area (Å²) in [6.07, 6.45) is 11.4. The zero-order chi connectivity index (χ0) is 20.8. The van der Waals surface area contributed by atoms with Gasteiger partial charge in [-0.2, -0.15) is 0 Å². The largest absolute Gasteiger partial charge is 0.482 e. The highest BCUT2D eigenvalue weighted by Gasteiger charge is 2.61. The topological polar surface area (TPSA) is 59.0 Å². The predicted molar refractivity (Wildman–Crippen MR) is 112 cm³/mol. The van der Waals surface area contributed by atoms with Crippen molar-refractivity contribution >= 4 is 5.97 Å². The van der Waals surface area contributed by atoms with Crippen LogP contribution in [-0.2, 0) is 16.6 Å². The molecule has 5 nitrogen and oxygen atoms in total. The number of benzene rings is 1. The van der Waals surface area contributed by atoms with Crippen molar-refractivity contribution in [2.45, 2.75) is 50.4 Å². The predicted octanol–water partition coefficient (Wildman–Crippen LogP) is 3.17. The first-order chi connectivity index (χ1) is 13.9. The number of carbonyl (C=O) groups is 1. The third-order valence-corrected chi connectivity index (χ3v) is 6.68. The van der Waals surface area contributed by atoms with Gasteiger partial charge in [0.05, 0.1) is 0 Å². The Bertz CT molecular complexity index is 900. The van der Waals surface area contributed by atoms with Gasteiger partial charge in [0.2, 0.25) is 0 Å². The average Bonchev–Trinajstić information content (AvgIpc) is 3.07. The molecule has 5 atom stereocenters. The summed E-state index contributed by atoms with van der Waals surface area (Å²) in [6, 6.07) is 4.20. The molecular weight excluding hydrogens is 366 g/mol. The second kappa shape index (κ2) is 7.47. The normalized spacial score (nSPS) is 32.1. The lowest BCUT2D eigenvalue weighted by molar-refractivity contribution is -0.129. The summed E-state index contributed by atoms with van der Waals surface area (Å²) >= 11 is 0. The van der Waals surface area contributed by atoms with Crippen LogP contribution in [0, 0.1) is 5.92 Å².